The van der Waals surface area contributed by atoms with E-state index in [9.17, 15) is 24.0 Å². The minimum Gasteiger partial charge on any atom is -0.494 e. The third-order valence-electron chi connectivity index (χ3n) is 14.2. The number of unbranched alkanes of at least 4 members (excludes halogenated alkanes) is 15. The molecular weight excluding hydrogens is 1090 g/mol. The molecule has 0 aliphatic carbocycles. The van der Waals surface area contributed by atoms with Crippen LogP contribution in [0.5, 0.6) is 51.7 Å². The summed E-state index contributed by atoms with van der Waals surface area (Å²) in [6.07, 6.45) is 20.7. The number of carbonyl (C=O) groups is 5. The van der Waals surface area contributed by atoms with Crippen molar-refractivity contribution in [2.45, 2.75) is 136 Å². The van der Waals surface area contributed by atoms with Gasteiger partial charge in [0.25, 0.3) is 0 Å². The molecule has 0 amide bonds. The first kappa shape index (κ1) is 64.6. The Balaban J connectivity index is 0.740. The summed E-state index contributed by atoms with van der Waals surface area (Å²) in [6.45, 7) is 8.43. The summed E-state index contributed by atoms with van der Waals surface area (Å²) in [5, 5.41) is 0. The number of hydrogen-bond acceptors (Lipinski definition) is 14. The van der Waals surface area contributed by atoms with E-state index < -0.39 is 29.8 Å². The number of carbonyl (C=O) groups excluding carboxylic acids is 5. The molecule has 0 heterocycles. The summed E-state index contributed by atoms with van der Waals surface area (Å²) < 4.78 is 51.5. The van der Waals surface area contributed by atoms with Gasteiger partial charge in [0.2, 0.25) is 0 Å². The topological polar surface area (TPSA) is 168 Å². The van der Waals surface area contributed by atoms with Crippen LogP contribution in [-0.2, 0) is 0 Å². The van der Waals surface area contributed by atoms with Gasteiger partial charge in [-0.25, -0.2) is 24.0 Å². The molecular formula is C72H80O14. The number of ether oxygens (including phenoxy) is 9. The zero-order valence-corrected chi connectivity index (χ0v) is 49.9. The highest BCUT2D eigenvalue weighted by Crippen LogP contribution is 2.30. The molecule has 7 aromatic rings. The molecule has 0 aromatic heterocycles. The first-order valence-electron chi connectivity index (χ1n) is 30.4. The second-order valence-corrected chi connectivity index (χ2v) is 21.0. The van der Waals surface area contributed by atoms with Crippen LogP contribution in [0.1, 0.15) is 187 Å². The Bertz CT molecular complexity index is 3170. The van der Waals surface area contributed by atoms with Crippen LogP contribution >= 0.6 is 0 Å². The van der Waals surface area contributed by atoms with E-state index in [1.807, 2.05) is 0 Å². The summed E-state index contributed by atoms with van der Waals surface area (Å²) in [6, 6.07) is 44.2. The molecule has 0 saturated heterocycles. The predicted molar refractivity (Wildman–Crippen MR) is 331 cm³/mol. The largest absolute Gasteiger partial charge is 0.494 e. The van der Waals surface area contributed by atoms with Crippen molar-refractivity contribution in [3.8, 4) is 51.7 Å². The molecule has 7 aromatic carbocycles. The molecule has 0 aliphatic rings. The highest BCUT2D eigenvalue weighted by atomic mass is 16.6. The first-order valence-corrected chi connectivity index (χ1v) is 30.4. The second kappa shape index (κ2) is 36.1. The van der Waals surface area contributed by atoms with Crippen LogP contribution in [0.25, 0.3) is 0 Å². The summed E-state index contributed by atoms with van der Waals surface area (Å²) in [5.74, 6) is 1.12. The minimum atomic E-state index is -0.675. The first-order chi connectivity index (χ1) is 42.0. The van der Waals surface area contributed by atoms with Gasteiger partial charge in [-0.2, -0.15) is 0 Å². The Hall–Kier alpha value is -8.91. The van der Waals surface area contributed by atoms with E-state index in [4.69, 9.17) is 42.6 Å². The van der Waals surface area contributed by atoms with E-state index >= 15 is 0 Å². The summed E-state index contributed by atoms with van der Waals surface area (Å²) in [7, 11) is 0. The van der Waals surface area contributed by atoms with Crippen molar-refractivity contribution in [3.63, 3.8) is 0 Å². The zero-order chi connectivity index (χ0) is 60.6. The van der Waals surface area contributed by atoms with Crippen molar-refractivity contribution in [2.24, 2.45) is 0 Å². The van der Waals surface area contributed by atoms with Crippen LogP contribution < -0.4 is 42.6 Å². The Morgan fingerprint density at radius 2 is 0.465 bits per heavy atom. The predicted octanol–water partition coefficient (Wildman–Crippen LogP) is 17.4. The summed E-state index contributed by atoms with van der Waals surface area (Å²) >= 11 is 0. The van der Waals surface area contributed by atoms with E-state index in [1.165, 1.54) is 113 Å². The van der Waals surface area contributed by atoms with E-state index in [0.29, 0.717) is 71.7 Å². The van der Waals surface area contributed by atoms with Gasteiger partial charge in [-0.1, -0.05) is 97.0 Å². The van der Waals surface area contributed by atoms with Gasteiger partial charge in [0.05, 0.1) is 54.2 Å². The van der Waals surface area contributed by atoms with E-state index in [0.717, 1.165) is 57.1 Å². The minimum absolute atomic E-state index is 0.181. The van der Waals surface area contributed by atoms with Crippen molar-refractivity contribution in [1.82, 2.24) is 0 Å². The van der Waals surface area contributed by atoms with Gasteiger partial charge in [0.15, 0.2) is 0 Å². The smallest absolute Gasteiger partial charge is 0.343 e. The lowest BCUT2D eigenvalue weighted by Gasteiger charge is -2.12. The molecule has 0 aliphatic heterocycles. The van der Waals surface area contributed by atoms with Crippen LogP contribution in [-0.4, -0.2) is 56.3 Å². The van der Waals surface area contributed by atoms with Crippen LogP contribution in [0.2, 0.25) is 0 Å². The van der Waals surface area contributed by atoms with Crippen molar-refractivity contribution < 1.29 is 66.6 Å². The number of hydrogen-bond donors (Lipinski definition) is 0. The van der Waals surface area contributed by atoms with Gasteiger partial charge in [-0.15, -0.1) is 0 Å². The van der Waals surface area contributed by atoms with Gasteiger partial charge in [-0.3, -0.25) is 0 Å². The maximum atomic E-state index is 13.2. The summed E-state index contributed by atoms with van der Waals surface area (Å²) in [4.78, 5) is 65.0. The fourth-order valence-corrected chi connectivity index (χ4v) is 9.05. The average Bonchev–Trinajstić information content (AvgIpc) is 3.14. The molecule has 452 valence electrons. The third-order valence-corrected chi connectivity index (χ3v) is 14.2. The average molecular weight is 1170 g/mol. The van der Waals surface area contributed by atoms with Crippen molar-refractivity contribution in [3.05, 3.63) is 197 Å². The van der Waals surface area contributed by atoms with Crippen LogP contribution in [0.15, 0.2) is 164 Å². The molecule has 0 radical (unpaired) electrons. The Labute approximate surface area is 506 Å². The standard InChI is InChI=1S/C72H80O14/c1-4-6-8-10-11-12-13-14-15-19-50-79-60-37-25-54(26-38-60)68(73)82-63-41-31-57(32-42-63)71(76)85-66-23-22-24-67(53(66)3)86-72(77)58-33-43-64(44-34-58)83-69(74)55-27-39-61(40-28-55)80-51-20-16-17-21-52-81-62-45-47-65(48-46-62)84-70(75)56-29-35-59(36-30-56)78-49-18-9-7-5-2/h22-48H,4-21,49-52H2,1-3H3. The van der Waals surface area contributed by atoms with Crippen LogP contribution in [0, 0.1) is 6.92 Å². The van der Waals surface area contributed by atoms with Crippen molar-refractivity contribution >= 4 is 29.8 Å². The molecule has 86 heavy (non-hydrogen) atoms. The number of esters is 5. The number of benzene rings is 7. The summed E-state index contributed by atoms with van der Waals surface area (Å²) in [5.41, 5.74) is 1.95. The fourth-order valence-electron chi connectivity index (χ4n) is 9.05. The lowest BCUT2D eigenvalue weighted by atomic mass is 10.1. The molecule has 7 rings (SSSR count). The second-order valence-electron chi connectivity index (χ2n) is 21.0. The Kier molecular flexibility index (Phi) is 27.1. The van der Waals surface area contributed by atoms with Crippen molar-refractivity contribution in [2.75, 3.05) is 26.4 Å². The van der Waals surface area contributed by atoms with Gasteiger partial charge >= 0.3 is 29.8 Å². The molecule has 0 N–H and O–H groups in total. The van der Waals surface area contributed by atoms with Gasteiger partial charge in [-0.05, 0) is 203 Å². The lowest BCUT2D eigenvalue weighted by molar-refractivity contribution is 0.0718. The molecule has 0 bridgehead atoms. The van der Waals surface area contributed by atoms with E-state index in [2.05, 4.69) is 13.8 Å². The quantitative estimate of drug-likeness (QED) is 0.0205. The monoisotopic (exact) mass is 1170 g/mol. The van der Waals surface area contributed by atoms with Gasteiger partial charge in [0, 0.05) is 5.56 Å². The fraction of sp³-hybridized carbons (Fsp3) is 0.347. The molecule has 0 saturated carbocycles. The lowest BCUT2D eigenvalue weighted by Crippen LogP contribution is -2.12. The van der Waals surface area contributed by atoms with E-state index in [-0.39, 0.29) is 34.1 Å². The van der Waals surface area contributed by atoms with Crippen LogP contribution in [0.4, 0.5) is 0 Å². The SMILES string of the molecule is CCCCCCCCCCCCOc1ccc(C(=O)Oc2ccc(C(=O)Oc3cccc(OC(=O)c4ccc(OC(=O)c5ccc(OCCCCCCOc6ccc(OC(=O)c7ccc(OCCCCCC)cc7)cc6)cc5)cc4)c3C)cc2)cc1. The zero-order valence-electron chi connectivity index (χ0n) is 49.9. The highest BCUT2D eigenvalue weighted by Gasteiger charge is 2.18. The van der Waals surface area contributed by atoms with Gasteiger partial charge < -0.3 is 42.6 Å². The maximum Gasteiger partial charge on any atom is 0.343 e. The molecule has 14 nitrogen and oxygen atoms in total. The highest BCUT2D eigenvalue weighted by molar-refractivity contribution is 5.94. The third kappa shape index (κ3) is 22.3. The Morgan fingerprint density at radius 1 is 0.256 bits per heavy atom. The Morgan fingerprint density at radius 3 is 0.744 bits per heavy atom. The molecule has 0 atom stereocenters. The molecule has 0 spiro atoms. The van der Waals surface area contributed by atoms with E-state index in [1.54, 1.807) is 122 Å². The van der Waals surface area contributed by atoms with Gasteiger partial charge in [0.1, 0.15) is 51.7 Å². The van der Waals surface area contributed by atoms with Crippen LogP contribution in [0.3, 0.4) is 0 Å². The molecule has 0 unspecified atom stereocenters. The maximum absolute atomic E-state index is 13.2. The molecule has 0 fully saturated rings. The van der Waals surface area contributed by atoms with Crippen molar-refractivity contribution in [1.29, 1.82) is 0 Å². The normalized spacial score (nSPS) is 10.8. The molecule has 14 heteroatoms. The number of rotatable bonds is 37.